The van der Waals surface area contributed by atoms with Gasteiger partial charge >= 0.3 is 0 Å². The van der Waals surface area contributed by atoms with Crippen molar-refractivity contribution in [2.75, 3.05) is 39.0 Å². The van der Waals surface area contributed by atoms with Gasteiger partial charge in [-0.2, -0.15) is 4.31 Å². The normalized spacial score (nSPS) is 18.8. The lowest BCUT2D eigenvalue weighted by Crippen LogP contribution is -2.48. The largest absolute Gasteiger partial charge is 0.334 e. The van der Waals surface area contributed by atoms with Crippen LogP contribution >= 0.6 is 0 Å². The fourth-order valence-corrected chi connectivity index (χ4v) is 3.22. The number of hydrogen-bond donors (Lipinski definition) is 0. The fraction of sp³-hybridized carbons (Fsp3) is 0.750. The topological polar surface area (TPSA) is 58.4 Å². The molecule has 0 saturated carbocycles. The van der Waals surface area contributed by atoms with Gasteiger partial charge in [0.05, 0.1) is 6.26 Å². The standard InChI is InChI=1S/C12H22N4O2S/c1-3-12-13-4-5-15(12)9-6-14-7-10-16(11-8-14)19(2,17)18/h4-5H,3,6-11H2,1-2H3. The van der Waals surface area contributed by atoms with Crippen molar-refractivity contribution in [2.45, 2.75) is 19.9 Å². The maximum absolute atomic E-state index is 11.4. The van der Waals surface area contributed by atoms with Crippen molar-refractivity contribution in [2.24, 2.45) is 0 Å². The zero-order valence-corrected chi connectivity index (χ0v) is 12.4. The average molecular weight is 286 g/mol. The van der Waals surface area contributed by atoms with Gasteiger partial charge in [-0.25, -0.2) is 13.4 Å². The number of aromatic nitrogens is 2. The molecule has 1 aromatic heterocycles. The molecule has 0 bridgehead atoms. The Bertz CT molecular complexity index is 504. The van der Waals surface area contributed by atoms with E-state index in [9.17, 15) is 8.42 Å². The summed E-state index contributed by atoms with van der Waals surface area (Å²) >= 11 is 0. The smallest absolute Gasteiger partial charge is 0.211 e. The molecule has 0 aromatic carbocycles. The molecule has 1 fully saturated rings. The molecule has 6 nitrogen and oxygen atoms in total. The summed E-state index contributed by atoms with van der Waals surface area (Å²) in [6.45, 7) is 6.78. The van der Waals surface area contributed by atoms with Gasteiger partial charge in [0.1, 0.15) is 5.82 Å². The van der Waals surface area contributed by atoms with Gasteiger partial charge in [0.15, 0.2) is 0 Å². The summed E-state index contributed by atoms with van der Waals surface area (Å²) in [5.41, 5.74) is 0. The Morgan fingerprint density at radius 3 is 2.47 bits per heavy atom. The molecule has 0 unspecified atom stereocenters. The summed E-state index contributed by atoms with van der Waals surface area (Å²) < 4.78 is 26.6. The highest BCUT2D eigenvalue weighted by Crippen LogP contribution is 2.06. The molecule has 0 N–H and O–H groups in total. The predicted molar refractivity (Wildman–Crippen MR) is 74.5 cm³/mol. The molecular weight excluding hydrogens is 264 g/mol. The lowest BCUT2D eigenvalue weighted by Gasteiger charge is -2.33. The number of nitrogens with zero attached hydrogens (tertiary/aromatic N) is 4. The highest BCUT2D eigenvalue weighted by Gasteiger charge is 2.22. The van der Waals surface area contributed by atoms with E-state index >= 15 is 0 Å². The second kappa shape index (κ2) is 6.02. The van der Waals surface area contributed by atoms with Crippen molar-refractivity contribution in [3.05, 3.63) is 18.2 Å². The van der Waals surface area contributed by atoms with Gasteiger partial charge in [-0.15, -0.1) is 0 Å². The summed E-state index contributed by atoms with van der Waals surface area (Å²) in [5.74, 6) is 1.11. The van der Waals surface area contributed by atoms with Crippen LogP contribution in [0.2, 0.25) is 0 Å². The summed E-state index contributed by atoms with van der Waals surface area (Å²) in [7, 11) is -3.03. The Kier molecular flexibility index (Phi) is 4.59. The first-order valence-electron chi connectivity index (χ1n) is 6.68. The third-order valence-electron chi connectivity index (χ3n) is 3.58. The van der Waals surface area contributed by atoms with E-state index in [1.165, 1.54) is 6.26 Å². The van der Waals surface area contributed by atoms with Crippen molar-refractivity contribution in [3.63, 3.8) is 0 Å². The van der Waals surface area contributed by atoms with Crippen molar-refractivity contribution in [1.29, 1.82) is 0 Å². The molecule has 0 amide bonds. The molecule has 0 aliphatic carbocycles. The molecule has 1 aromatic rings. The Morgan fingerprint density at radius 1 is 1.21 bits per heavy atom. The first kappa shape index (κ1) is 14.5. The van der Waals surface area contributed by atoms with E-state index in [0.717, 1.165) is 38.4 Å². The second-order valence-corrected chi connectivity index (χ2v) is 6.88. The van der Waals surface area contributed by atoms with Crippen LogP contribution in [0.15, 0.2) is 12.4 Å². The van der Waals surface area contributed by atoms with Gasteiger partial charge in [0.25, 0.3) is 0 Å². The summed E-state index contributed by atoms with van der Waals surface area (Å²) in [6, 6.07) is 0. The first-order chi connectivity index (χ1) is 9.00. The predicted octanol–water partition coefficient (Wildman–Crippen LogP) is 0.0227. The van der Waals surface area contributed by atoms with E-state index in [0.29, 0.717) is 13.1 Å². The summed E-state index contributed by atoms with van der Waals surface area (Å²) in [6.07, 6.45) is 6.06. The highest BCUT2D eigenvalue weighted by molar-refractivity contribution is 7.88. The monoisotopic (exact) mass is 286 g/mol. The molecular formula is C12H22N4O2S. The van der Waals surface area contributed by atoms with Crippen LogP contribution < -0.4 is 0 Å². The van der Waals surface area contributed by atoms with Crippen LogP contribution in [-0.4, -0.2) is 66.2 Å². The van der Waals surface area contributed by atoms with E-state index in [-0.39, 0.29) is 0 Å². The van der Waals surface area contributed by atoms with Crippen LogP contribution in [0.5, 0.6) is 0 Å². The van der Waals surface area contributed by atoms with Crippen molar-refractivity contribution in [1.82, 2.24) is 18.8 Å². The molecule has 1 aliphatic rings. The molecule has 19 heavy (non-hydrogen) atoms. The zero-order chi connectivity index (χ0) is 13.9. The zero-order valence-electron chi connectivity index (χ0n) is 11.6. The second-order valence-electron chi connectivity index (χ2n) is 4.89. The summed E-state index contributed by atoms with van der Waals surface area (Å²) in [4.78, 5) is 6.61. The number of imidazole rings is 1. The molecule has 108 valence electrons. The third-order valence-corrected chi connectivity index (χ3v) is 4.88. The van der Waals surface area contributed by atoms with Crippen LogP contribution in [0.1, 0.15) is 12.7 Å². The van der Waals surface area contributed by atoms with Crippen LogP contribution in [0, 0.1) is 0 Å². The van der Waals surface area contributed by atoms with E-state index < -0.39 is 10.0 Å². The number of sulfonamides is 1. The highest BCUT2D eigenvalue weighted by atomic mass is 32.2. The molecule has 1 saturated heterocycles. The van der Waals surface area contributed by atoms with Crippen molar-refractivity contribution in [3.8, 4) is 0 Å². The number of hydrogen-bond acceptors (Lipinski definition) is 4. The van der Waals surface area contributed by atoms with Crippen molar-refractivity contribution < 1.29 is 8.42 Å². The lowest BCUT2D eigenvalue weighted by molar-refractivity contribution is 0.183. The minimum Gasteiger partial charge on any atom is -0.334 e. The van der Waals surface area contributed by atoms with Crippen LogP contribution in [0.4, 0.5) is 0 Å². The molecule has 2 heterocycles. The third kappa shape index (κ3) is 3.77. The van der Waals surface area contributed by atoms with Crippen LogP contribution in [0.3, 0.4) is 0 Å². The fourth-order valence-electron chi connectivity index (χ4n) is 2.39. The van der Waals surface area contributed by atoms with Gasteiger partial charge in [0.2, 0.25) is 10.0 Å². The van der Waals surface area contributed by atoms with E-state index in [4.69, 9.17) is 0 Å². The minimum atomic E-state index is -3.03. The van der Waals surface area contributed by atoms with Gasteiger partial charge in [-0.1, -0.05) is 6.92 Å². The molecule has 7 heteroatoms. The lowest BCUT2D eigenvalue weighted by atomic mass is 10.3. The van der Waals surface area contributed by atoms with Gasteiger partial charge < -0.3 is 4.57 Å². The number of aryl methyl sites for hydroxylation is 1. The molecule has 2 rings (SSSR count). The average Bonchev–Trinajstić information content (AvgIpc) is 2.83. The van der Waals surface area contributed by atoms with Gasteiger partial charge in [-0.05, 0) is 0 Å². The Morgan fingerprint density at radius 2 is 1.89 bits per heavy atom. The van der Waals surface area contributed by atoms with E-state index in [2.05, 4.69) is 21.4 Å². The summed E-state index contributed by atoms with van der Waals surface area (Å²) in [5, 5.41) is 0. The van der Waals surface area contributed by atoms with Gasteiger partial charge in [0, 0.05) is 58.1 Å². The van der Waals surface area contributed by atoms with E-state index in [1.54, 1.807) is 4.31 Å². The molecule has 0 radical (unpaired) electrons. The van der Waals surface area contributed by atoms with Crippen molar-refractivity contribution >= 4 is 10.0 Å². The molecule has 1 aliphatic heterocycles. The minimum absolute atomic E-state index is 0.601. The van der Waals surface area contributed by atoms with E-state index in [1.807, 2.05) is 12.4 Å². The van der Waals surface area contributed by atoms with Crippen LogP contribution in [0.25, 0.3) is 0 Å². The quantitative estimate of drug-likeness (QED) is 0.766. The Labute approximate surface area is 115 Å². The Hall–Kier alpha value is -0.920. The molecule has 0 spiro atoms. The molecule has 0 atom stereocenters. The SMILES string of the molecule is CCc1nccn1CCN1CCN(S(C)(=O)=O)CC1. The van der Waals surface area contributed by atoms with Crippen LogP contribution in [-0.2, 0) is 23.0 Å². The van der Waals surface area contributed by atoms with Gasteiger partial charge in [-0.3, -0.25) is 4.90 Å². The first-order valence-corrected chi connectivity index (χ1v) is 8.53. The number of piperazine rings is 1. The maximum Gasteiger partial charge on any atom is 0.211 e. The maximum atomic E-state index is 11.4. The number of rotatable bonds is 5. The Balaban J connectivity index is 1.80.